The molecule has 1 aliphatic rings. The molecule has 40 heavy (non-hydrogen) atoms. The van der Waals surface area contributed by atoms with E-state index in [0.29, 0.717) is 30.2 Å². The van der Waals surface area contributed by atoms with Crippen LogP contribution >= 0.6 is 11.6 Å². The number of hydrogen-bond acceptors (Lipinski definition) is 4. The van der Waals surface area contributed by atoms with Crippen molar-refractivity contribution in [3.8, 4) is 11.3 Å². The molecule has 1 aliphatic heterocycles. The number of carbonyl (C=O) groups excluding carboxylic acids is 1. The highest BCUT2D eigenvalue weighted by atomic mass is 35.5. The van der Waals surface area contributed by atoms with Crippen LogP contribution in [0.2, 0.25) is 5.02 Å². The van der Waals surface area contributed by atoms with Crippen LogP contribution in [0.3, 0.4) is 0 Å². The molecule has 2 amide bonds. The van der Waals surface area contributed by atoms with E-state index in [4.69, 9.17) is 28.8 Å². The number of anilines is 2. The van der Waals surface area contributed by atoms with Crippen LogP contribution in [0.25, 0.3) is 11.3 Å². The van der Waals surface area contributed by atoms with Gasteiger partial charge in [0.2, 0.25) is 0 Å². The van der Waals surface area contributed by atoms with Gasteiger partial charge in [-0.2, -0.15) is 0 Å². The summed E-state index contributed by atoms with van der Waals surface area (Å²) < 4.78 is 15.1. The van der Waals surface area contributed by atoms with Crippen molar-refractivity contribution in [2.45, 2.75) is 58.2 Å². The third-order valence-electron chi connectivity index (χ3n) is 6.99. The number of halogens is 2. The van der Waals surface area contributed by atoms with Crippen molar-refractivity contribution in [2.75, 3.05) is 23.3 Å². The average Bonchev–Trinajstić information content (AvgIpc) is 3.32. The predicted octanol–water partition coefficient (Wildman–Crippen LogP) is 5.01. The molecule has 9 nitrogen and oxygen atoms in total. The molecule has 0 saturated heterocycles. The first-order valence-corrected chi connectivity index (χ1v) is 13.9. The lowest BCUT2D eigenvalue weighted by Crippen LogP contribution is -2.38. The number of H-pyrrole nitrogens is 1. The summed E-state index contributed by atoms with van der Waals surface area (Å²) in [6.45, 7) is 5.74. The summed E-state index contributed by atoms with van der Waals surface area (Å²) in [4.78, 5) is 21.8. The molecule has 2 aromatic carbocycles. The van der Waals surface area contributed by atoms with Crippen molar-refractivity contribution in [1.29, 1.82) is 0 Å². The summed E-state index contributed by atoms with van der Waals surface area (Å²) in [6, 6.07) is 13.2. The average molecular weight is 569 g/mol. The maximum atomic E-state index is 15.1. The second-order valence-corrected chi connectivity index (χ2v) is 10.7. The van der Waals surface area contributed by atoms with Gasteiger partial charge in [-0.05, 0) is 87.5 Å². The topological polar surface area (TPSA) is 151 Å². The highest BCUT2D eigenvalue weighted by Crippen LogP contribution is 2.35. The summed E-state index contributed by atoms with van der Waals surface area (Å²) in [5.74, 6) is 0.168. The van der Waals surface area contributed by atoms with Gasteiger partial charge in [0.25, 0.3) is 0 Å². The lowest BCUT2D eigenvalue weighted by atomic mass is 10.0. The molecule has 2 heterocycles. The Morgan fingerprint density at radius 2 is 1.93 bits per heavy atom. The molecule has 4 rings (SSSR count). The van der Waals surface area contributed by atoms with E-state index in [-0.39, 0.29) is 29.1 Å². The van der Waals surface area contributed by atoms with E-state index in [2.05, 4.69) is 27.5 Å². The molecule has 0 aliphatic carbocycles. The van der Waals surface area contributed by atoms with E-state index in [9.17, 15) is 4.79 Å². The van der Waals surface area contributed by atoms with Gasteiger partial charge in [0.15, 0.2) is 11.8 Å². The van der Waals surface area contributed by atoms with Crippen LogP contribution in [0.1, 0.15) is 55.8 Å². The number of guanidine groups is 1. The minimum absolute atomic E-state index is 0.0732. The third-order valence-corrected chi connectivity index (χ3v) is 7.27. The van der Waals surface area contributed by atoms with Crippen molar-refractivity contribution in [2.24, 2.45) is 22.2 Å². The number of aliphatic imine (C=N–C) groups is 1. The fourth-order valence-electron chi connectivity index (χ4n) is 4.78. The SMILES string of the molecule is C[C@H](N)CCCc1cc(Cl)c(F)c(-c2cc3c([nH]2)NC(=O)N(c2ccc([C@H](C)NCCCN=C(N)N)cc2)C3)c1. The summed E-state index contributed by atoms with van der Waals surface area (Å²) in [7, 11) is 0. The van der Waals surface area contributed by atoms with Crippen molar-refractivity contribution in [1.82, 2.24) is 10.3 Å². The number of nitrogens with two attached hydrogens (primary N) is 3. The van der Waals surface area contributed by atoms with Crippen LogP contribution in [0.15, 0.2) is 47.5 Å². The van der Waals surface area contributed by atoms with E-state index >= 15 is 4.39 Å². The molecule has 0 bridgehead atoms. The monoisotopic (exact) mass is 568 g/mol. The minimum Gasteiger partial charge on any atom is -0.370 e. The number of nitrogens with one attached hydrogen (secondary N) is 3. The molecule has 0 spiro atoms. The molecule has 3 aromatic rings. The van der Waals surface area contributed by atoms with Crippen LogP contribution in [0.5, 0.6) is 0 Å². The number of aromatic nitrogens is 1. The molecule has 2 atom stereocenters. The molecule has 11 heteroatoms. The van der Waals surface area contributed by atoms with Gasteiger partial charge in [-0.3, -0.25) is 15.2 Å². The summed E-state index contributed by atoms with van der Waals surface area (Å²) in [6.07, 6.45) is 3.34. The highest BCUT2D eigenvalue weighted by Gasteiger charge is 2.27. The standard InChI is InChI=1S/C29H38ClFN8O/c1-17(32)5-3-6-19-13-23(26(31)24(30)14-19)25-15-21-16-39(29(40)38-27(21)37-25)22-9-7-20(8-10-22)18(2)35-11-4-12-36-28(33)34/h7-10,13-15,17-18,35,37H,3-6,11-12,16,32H2,1-2H3,(H,38,40)(H4,33,34,36)/t17-,18-/m0/s1. The Labute approximate surface area is 239 Å². The Balaban J connectivity index is 1.44. The number of amides is 2. The fourth-order valence-corrected chi connectivity index (χ4v) is 5.03. The Morgan fingerprint density at radius 1 is 1.18 bits per heavy atom. The maximum Gasteiger partial charge on any atom is 0.327 e. The van der Waals surface area contributed by atoms with E-state index in [1.165, 1.54) is 0 Å². The normalized spacial score (nSPS) is 14.4. The molecular formula is C29H38ClFN8O. The van der Waals surface area contributed by atoms with Crippen LogP contribution in [-0.2, 0) is 13.0 Å². The number of carbonyl (C=O) groups is 1. The van der Waals surface area contributed by atoms with Crippen molar-refractivity contribution < 1.29 is 9.18 Å². The Hall–Kier alpha value is -3.60. The number of hydrogen-bond donors (Lipinski definition) is 6. The lowest BCUT2D eigenvalue weighted by Gasteiger charge is -2.27. The molecule has 214 valence electrons. The Kier molecular flexibility index (Phi) is 9.67. The molecule has 0 unspecified atom stereocenters. The number of benzene rings is 2. The predicted molar refractivity (Wildman–Crippen MR) is 161 cm³/mol. The van der Waals surface area contributed by atoms with Crippen LogP contribution in [0, 0.1) is 5.82 Å². The number of aromatic amines is 1. The van der Waals surface area contributed by atoms with Gasteiger partial charge in [0.05, 0.1) is 17.3 Å². The van der Waals surface area contributed by atoms with Crippen molar-refractivity contribution in [3.05, 3.63) is 70.0 Å². The summed E-state index contributed by atoms with van der Waals surface area (Å²) in [5, 5.41) is 6.42. The second-order valence-electron chi connectivity index (χ2n) is 10.3. The van der Waals surface area contributed by atoms with Gasteiger partial charge in [0, 0.05) is 35.4 Å². The first-order valence-electron chi connectivity index (χ1n) is 13.6. The Morgan fingerprint density at radius 3 is 2.62 bits per heavy atom. The zero-order valence-corrected chi connectivity index (χ0v) is 23.7. The quantitative estimate of drug-likeness (QED) is 0.103. The minimum atomic E-state index is -0.492. The van der Waals surface area contributed by atoms with Gasteiger partial charge in [-0.15, -0.1) is 0 Å². The Bertz CT molecular complexity index is 1350. The summed E-state index contributed by atoms with van der Waals surface area (Å²) in [5.41, 5.74) is 21.2. The van der Waals surface area contributed by atoms with Gasteiger partial charge >= 0.3 is 6.03 Å². The van der Waals surface area contributed by atoms with Gasteiger partial charge in [-0.25, -0.2) is 9.18 Å². The molecule has 0 radical (unpaired) electrons. The van der Waals surface area contributed by atoms with E-state index in [0.717, 1.165) is 54.6 Å². The van der Waals surface area contributed by atoms with Gasteiger partial charge < -0.3 is 27.5 Å². The number of nitrogens with zero attached hydrogens (tertiary/aromatic N) is 2. The zero-order valence-electron chi connectivity index (χ0n) is 22.9. The number of rotatable bonds is 12. The number of aryl methyl sites for hydroxylation is 1. The lowest BCUT2D eigenvalue weighted by molar-refractivity contribution is 0.256. The maximum absolute atomic E-state index is 15.1. The van der Waals surface area contributed by atoms with Crippen LogP contribution < -0.4 is 32.7 Å². The first kappa shape index (κ1) is 29.4. The number of urea groups is 1. The molecular weight excluding hydrogens is 531 g/mol. The molecule has 9 N–H and O–H groups in total. The van der Waals surface area contributed by atoms with E-state index in [1.54, 1.807) is 11.0 Å². The summed E-state index contributed by atoms with van der Waals surface area (Å²) >= 11 is 6.24. The largest absolute Gasteiger partial charge is 0.370 e. The van der Waals surface area contributed by atoms with Crippen LogP contribution in [-0.4, -0.2) is 36.1 Å². The van der Waals surface area contributed by atoms with E-state index in [1.807, 2.05) is 43.3 Å². The van der Waals surface area contributed by atoms with Crippen molar-refractivity contribution >= 4 is 35.1 Å². The number of fused-ring (bicyclic) bond motifs is 1. The molecule has 0 saturated carbocycles. The highest BCUT2D eigenvalue weighted by molar-refractivity contribution is 6.31. The van der Waals surface area contributed by atoms with Crippen LogP contribution in [0.4, 0.5) is 20.7 Å². The zero-order chi connectivity index (χ0) is 28.8. The van der Waals surface area contributed by atoms with Gasteiger partial charge in [-0.1, -0.05) is 23.7 Å². The molecule has 1 aromatic heterocycles. The second kappa shape index (κ2) is 13.2. The third kappa shape index (κ3) is 7.32. The van der Waals surface area contributed by atoms with Crippen molar-refractivity contribution in [3.63, 3.8) is 0 Å². The van der Waals surface area contributed by atoms with E-state index < -0.39 is 5.82 Å². The molecule has 0 fully saturated rings. The fraction of sp³-hybridized carbons (Fsp3) is 0.379. The smallest absolute Gasteiger partial charge is 0.327 e. The van der Waals surface area contributed by atoms with Gasteiger partial charge in [0.1, 0.15) is 5.82 Å². The first-order chi connectivity index (χ1) is 19.1.